The van der Waals surface area contributed by atoms with E-state index in [0.717, 1.165) is 43.2 Å². The van der Waals surface area contributed by atoms with Crippen molar-refractivity contribution >= 4 is 22.3 Å². The van der Waals surface area contributed by atoms with Gasteiger partial charge < -0.3 is 14.8 Å². The molecule has 1 aliphatic heterocycles. The summed E-state index contributed by atoms with van der Waals surface area (Å²) in [7, 11) is 3.30. The first-order valence-electron chi connectivity index (χ1n) is 9.83. The molecule has 156 valence electrons. The fraction of sp³-hybridized carbons (Fsp3) is 0.318. The lowest BCUT2D eigenvalue weighted by Gasteiger charge is -2.29. The molecule has 30 heavy (non-hydrogen) atoms. The van der Waals surface area contributed by atoms with E-state index < -0.39 is 0 Å². The molecule has 0 radical (unpaired) electrons. The van der Waals surface area contributed by atoms with Gasteiger partial charge in [0.15, 0.2) is 11.5 Å². The SMILES string of the molecule is COc1cc2c(cc1OC)CN(CCNc1ccc([N+](=O)[O-])c3cccnc13)CC2. The number of nitrogens with zero attached hydrogens (tertiary/aromatic N) is 3. The smallest absolute Gasteiger partial charge is 0.278 e. The highest BCUT2D eigenvalue weighted by molar-refractivity contribution is 5.96. The van der Waals surface area contributed by atoms with Crippen LogP contribution in [0.15, 0.2) is 42.6 Å². The van der Waals surface area contributed by atoms with Crippen molar-refractivity contribution in [1.82, 2.24) is 9.88 Å². The Balaban J connectivity index is 1.44. The van der Waals surface area contributed by atoms with Crippen molar-refractivity contribution in [3.63, 3.8) is 0 Å². The Bertz CT molecular complexity index is 1090. The van der Waals surface area contributed by atoms with E-state index >= 15 is 0 Å². The van der Waals surface area contributed by atoms with Gasteiger partial charge in [-0.25, -0.2) is 0 Å². The number of ether oxygens (including phenoxy) is 2. The van der Waals surface area contributed by atoms with Crippen molar-refractivity contribution in [2.75, 3.05) is 39.2 Å². The minimum absolute atomic E-state index is 0.0701. The van der Waals surface area contributed by atoms with E-state index in [4.69, 9.17) is 9.47 Å². The van der Waals surface area contributed by atoms with Crippen molar-refractivity contribution < 1.29 is 14.4 Å². The van der Waals surface area contributed by atoms with Crippen LogP contribution in [0.5, 0.6) is 11.5 Å². The third kappa shape index (κ3) is 3.86. The molecule has 1 aromatic heterocycles. The minimum Gasteiger partial charge on any atom is -0.493 e. The van der Waals surface area contributed by atoms with Crippen LogP contribution >= 0.6 is 0 Å². The summed E-state index contributed by atoms with van der Waals surface area (Å²) in [4.78, 5) is 17.6. The summed E-state index contributed by atoms with van der Waals surface area (Å²) in [5.41, 5.74) is 4.04. The lowest BCUT2D eigenvalue weighted by molar-refractivity contribution is -0.383. The Labute approximate surface area is 174 Å². The average molecular weight is 408 g/mol. The first-order chi connectivity index (χ1) is 14.6. The molecule has 0 saturated carbocycles. The summed E-state index contributed by atoms with van der Waals surface area (Å²) in [5, 5.41) is 15.2. The maximum absolute atomic E-state index is 11.3. The molecule has 2 aromatic carbocycles. The Morgan fingerprint density at radius 2 is 1.93 bits per heavy atom. The van der Waals surface area contributed by atoms with Crippen molar-refractivity contribution in [3.8, 4) is 11.5 Å². The summed E-state index contributed by atoms with van der Waals surface area (Å²) in [6.07, 6.45) is 2.61. The van der Waals surface area contributed by atoms with Gasteiger partial charge in [-0.3, -0.25) is 20.0 Å². The zero-order chi connectivity index (χ0) is 21.1. The number of hydrogen-bond donors (Lipinski definition) is 1. The number of pyridine rings is 1. The van der Waals surface area contributed by atoms with Crippen LogP contribution < -0.4 is 14.8 Å². The molecule has 0 bridgehead atoms. The molecule has 3 aromatic rings. The molecule has 0 amide bonds. The van der Waals surface area contributed by atoms with Gasteiger partial charge in [0, 0.05) is 38.4 Å². The highest BCUT2D eigenvalue weighted by Gasteiger charge is 2.20. The quantitative estimate of drug-likeness (QED) is 0.472. The Kier molecular flexibility index (Phi) is 5.67. The third-order valence-electron chi connectivity index (χ3n) is 5.48. The van der Waals surface area contributed by atoms with Gasteiger partial charge in [0.1, 0.15) is 5.52 Å². The fourth-order valence-corrected chi connectivity index (χ4v) is 3.94. The Hall–Kier alpha value is -3.39. The summed E-state index contributed by atoms with van der Waals surface area (Å²) in [6, 6.07) is 10.8. The molecule has 1 N–H and O–H groups in total. The summed E-state index contributed by atoms with van der Waals surface area (Å²) in [5.74, 6) is 1.52. The zero-order valence-corrected chi connectivity index (χ0v) is 17.1. The second-order valence-electron chi connectivity index (χ2n) is 7.22. The van der Waals surface area contributed by atoms with Crippen LogP contribution in [-0.2, 0) is 13.0 Å². The maximum Gasteiger partial charge on any atom is 0.278 e. The van der Waals surface area contributed by atoms with Gasteiger partial charge in [-0.05, 0) is 47.9 Å². The normalized spacial score (nSPS) is 13.7. The number of fused-ring (bicyclic) bond motifs is 2. The highest BCUT2D eigenvalue weighted by atomic mass is 16.6. The predicted molar refractivity (Wildman–Crippen MR) is 115 cm³/mol. The van der Waals surface area contributed by atoms with Gasteiger partial charge in [0.25, 0.3) is 5.69 Å². The largest absolute Gasteiger partial charge is 0.493 e. The number of nitro groups is 1. The van der Waals surface area contributed by atoms with Gasteiger partial charge in [-0.1, -0.05) is 0 Å². The number of nitrogens with one attached hydrogen (secondary N) is 1. The minimum atomic E-state index is -0.373. The number of methoxy groups -OCH3 is 2. The van der Waals surface area contributed by atoms with Crippen LogP contribution in [-0.4, -0.2) is 48.7 Å². The Morgan fingerprint density at radius 3 is 2.67 bits per heavy atom. The van der Waals surface area contributed by atoms with E-state index in [9.17, 15) is 10.1 Å². The number of benzene rings is 2. The topological polar surface area (TPSA) is 89.8 Å². The monoisotopic (exact) mass is 408 g/mol. The van der Waals surface area contributed by atoms with Crippen LogP contribution in [0.4, 0.5) is 11.4 Å². The van der Waals surface area contributed by atoms with E-state index in [2.05, 4.69) is 27.3 Å². The molecule has 0 spiro atoms. The molecule has 1 aliphatic rings. The van der Waals surface area contributed by atoms with E-state index in [1.54, 1.807) is 38.6 Å². The number of non-ortho nitro benzene ring substituents is 1. The second-order valence-corrected chi connectivity index (χ2v) is 7.22. The number of aromatic nitrogens is 1. The molecule has 8 heteroatoms. The molecule has 4 rings (SSSR count). The first kappa shape index (κ1) is 19.9. The molecule has 0 aliphatic carbocycles. The second kappa shape index (κ2) is 8.54. The van der Waals surface area contributed by atoms with E-state index in [0.29, 0.717) is 17.4 Å². The van der Waals surface area contributed by atoms with E-state index in [1.165, 1.54) is 17.2 Å². The van der Waals surface area contributed by atoms with Gasteiger partial charge in [-0.2, -0.15) is 0 Å². The molecular weight excluding hydrogens is 384 g/mol. The lowest BCUT2D eigenvalue weighted by atomic mass is 9.99. The molecule has 0 saturated heterocycles. The van der Waals surface area contributed by atoms with Crippen LogP contribution in [0.2, 0.25) is 0 Å². The van der Waals surface area contributed by atoms with Crippen LogP contribution in [0.1, 0.15) is 11.1 Å². The van der Waals surface area contributed by atoms with Gasteiger partial charge in [0.05, 0.1) is 30.2 Å². The van der Waals surface area contributed by atoms with Crippen LogP contribution in [0.3, 0.4) is 0 Å². The van der Waals surface area contributed by atoms with Crippen molar-refractivity contribution in [2.24, 2.45) is 0 Å². The molecule has 0 fully saturated rings. The molecule has 8 nitrogen and oxygen atoms in total. The molecule has 0 unspecified atom stereocenters. The first-order valence-corrected chi connectivity index (χ1v) is 9.83. The van der Waals surface area contributed by atoms with Crippen LogP contribution in [0, 0.1) is 10.1 Å². The van der Waals surface area contributed by atoms with Gasteiger partial charge in [-0.15, -0.1) is 0 Å². The van der Waals surface area contributed by atoms with Crippen molar-refractivity contribution in [1.29, 1.82) is 0 Å². The standard InChI is InChI=1S/C22H24N4O4/c1-29-20-12-15-7-10-25(14-16(15)13-21(20)30-2)11-9-23-18-5-6-19(26(27)28)17-4-3-8-24-22(17)18/h3-6,8,12-13,23H,7,9-11,14H2,1-2H3. The predicted octanol–water partition coefficient (Wildman–Crippen LogP) is 3.63. The molecule has 0 atom stereocenters. The van der Waals surface area contributed by atoms with Crippen LogP contribution in [0.25, 0.3) is 10.9 Å². The van der Waals surface area contributed by atoms with Crippen molar-refractivity contribution in [2.45, 2.75) is 13.0 Å². The Morgan fingerprint density at radius 1 is 1.17 bits per heavy atom. The highest BCUT2D eigenvalue weighted by Crippen LogP contribution is 2.33. The number of hydrogen-bond acceptors (Lipinski definition) is 7. The van der Waals surface area contributed by atoms with Gasteiger partial charge >= 0.3 is 0 Å². The summed E-state index contributed by atoms with van der Waals surface area (Å²) < 4.78 is 10.8. The number of rotatable bonds is 7. The number of nitro benzene ring substituents is 1. The van der Waals surface area contributed by atoms with Crippen molar-refractivity contribution in [3.05, 3.63) is 63.8 Å². The van der Waals surface area contributed by atoms with Gasteiger partial charge in [0.2, 0.25) is 0 Å². The number of anilines is 1. The maximum atomic E-state index is 11.3. The van der Waals surface area contributed by atoms with E-state index in [-0.39, 0.29) is 10.6 Å². The molecule has 2 heterocycles. The lowest BCUT2D eigenvalue weighted by Crippen LogP contribution is -2.34. The average Bonchev–Trinajstić information content (AvgIpc) is 2.77. The summed E-state index contributed by atoms with van der Waals surface area (Å²) in [6.45, 7) is 3.37. The zero-order valence-electron chi connectivity index (χ0n) is 17.1. The molecular formula is C22H24N4O4. The third-order valence-corrected chi connectivity index (χ3v) is 5.48. The fourth-order valence-electron chi connectivity index (χ4n) is 3.94. The van der Waals surface area contributed by atoms with E-state index in [1.807, 2.05) is 0 Å². The summed E-state index contributed by atoms with van der Waals surface area (Å²) >= 11 is 0.